The summed E-state index contributed by atoms with van der Waals surface area (Å²) in [5.74, 6) is 0. The Bertz CT molecular complexity index is 672. The fourth-order valence-corrected chi connectivity index (χ4v) is 3.41. The van der Waals surface area contributed by atoms with Crippen LogP contribution in [0, 0.1) is 6.92 Å². The Morgan fingerprint density at radius 3 is 2.71 bits per heavy atom. The minimum atomic E-state index is 0. The third-order valence-electron chi connectivity index (χ3n) is 2.90. The summed E-state index contributed by atoms with van der Waals surface area (Å²) in [5, 5.41) is 2.73. The Kier molecular flexibility index (Phi) is 3.36. The van der Waals surface area contributed by atoms with Crippen LogP contribution in [0.25, 0.3) is 20.2 Å². The molecule has 2 heterocycles. The third-order valence-corrected chi connectivity index (χ3v) is 4.13. The lowest BCUT2D eigenvalue weighted by molar-refractivity contribution is 1.03. The van der Waals surface area contributed by atoms with Gasteiger partial charge in [0.15, 0.2) is 0 Å². The maximum absolute atomic E-state index is 4.63. The van der Waals surface area contributed by atoms with E-state index >= 15 is 0 Å². The van der Waals surface area contributed by atoms with Crippen molar-refractivity contribution >= 4 is 43.9 Å². The van der Waals surface area contributed by atoms with Gasteiger partial charge < -0.3 is 0 Å². The first-order valence-electron chi connectivity index (χ1n) is 5.57. The van der Waals surface area contributed by atoms with Crippen molar-refractivity contribution in [1.29, 1.82) is 0 Å². The van der Waals surface area contributed by atoms with Gasteiger partial charge in [-0.15, -0.1) is 23.7 Å². The average molecular weight is 264 g/mol. The molecule has 0 saturated carbocycles. The Hall–Kier alpha value is -1.12. The quantitative estimate of drug-likeness (QED) is 0.618. The first kappa shape index (κ1) is 12.3. The molecule has 0 fully saturated rings. The van der Waals surface area contributed by atoms with Gasteiger partial charge in [-0.05, 0) is 25.5 Å². The van der Waals surface area contributed by atoms with E-state index in [4.69, 9.17) is 0 Å². The van der Waals surface area contributed by atoms with E-state index in [9.17, 15) is 0 Å². The molecule has 0 amide bonds. The molecule has 2 aromatic heterocycles. The van der Waals surface area contributed by atoms with Gasteiger partial charge >= 0.3 is 0 Å². The highest BCUT2D eigenvalue weighted by molar-refractivity contribution is 7.26. The van der Waals surface area contributed by atoms with Crippen molar-refractivity contribution in [2.45, 2.75) is 20.3 Å². The lowest BCUT2D eigenvalue weighted by atomic mass is 10.1. The minimum absolute atomic E-state index is 0. The molecular formula is C14H14ClNS. The van der Waals surface area contributed by atoms with Gasteiger partial charge in [0.25, 0.3) is 0 Å². The van der Waals surface area contributed by atoms with E-state index in [2.05, 4.69) is 49.2 Å². The van der Waals surface area contributed by atoms with Crippen LogP contribution in [-0.4, -0.2) is 4.98 Å². The Morgan fingerprint density at radius 1 is 1.18 bits per heavy atom. The summed E-state index contributed by atoms with van der Waals surface area (Å²) in [6.45, 7) is 4.25. The summed E-state index contributed by atoms with van der Waals surface area (Å²) < 4.78 is 2.72. The molecule has 0 spiro atoms. The number of nitrogens with zero attached hydrogens (tertiary/aromatic N) is 1. The van der Waals surface area contributed by atoms with Gasteiger partial charge in [-0.3, -0.25) is 4.98 Å². The van der Waals surface area contributed by atoms with E-state index in [1.807, 2.05) is 11.3 Å². The summed E-state index contributed by atoms with van der Waals surface area (Å²) in [6, 6.07) is 10.8. The first-order chi connectivity index (χ1) is 7.79. The second kappa shape index (κ2) is 4.63. The zero-order valence-electron chi connectivity index (χ0n) is 9.86. The number of aryl methyl sites for hydroxylation is 2. The summed E-state index contributed by atoms with van der Waals surface area (Å²) in [7, 11) is 0. The number of benzene rings is 1. The maximum atomic E-state index is 4.63. The van der Waals surface area contributed by atoms with Crippen molar-refractivity contribution < 1.29 is 0 Å². The molecule has 0 saturated heterocycles. The van der Waals surface area contributed by atoms with Crippen LogP contribution >= 0.6 is 23.7 Å². The molecule has 0 unspecified atom stereocenters. The van der Waals surface area contributed by atoms with Crippen LogP contribution in [0.4, 0.5) is 0 Å². The summed E-state index contributed by atoms with van der Waals surface area (Å²) in [4.78, 5) is 4.63. The van der Waals surface area contributed by atoms with Crippen molar-refractivity contribution in [1.82, 2.24) is 4.98 Å². The Balaban J connectivity index is 0.00000108. The normalized spacial score (nSPS) is 10.7. The minimum Gasteiger partial charge on any atom is -0.257 e. The smallest absolute Gasteiger partial charge is 0.0582 e. The summed E-state index contributed by atoms with van der Waals surface area (Å²) in [5.41, 5.74) is 2.35. The Morgan fingerprint density at radius 2 is 1.94 bits per heavy atom. The van der Waals surface area contributed by atoms with Gasteiger partial charge in [-0.25, -0.2) is 0 Å². The molecule has 88 valence electrons. The largest absolute Gasteiger partial charge is 0.257 e. The number of hydrogen-bond donors (Lipinski definition) is 0. The number of thiophene rings is 1. The second-order valence-electron chi connectivity index (χ2n) is 4.04. The molecule has 0 aliphatic carbocycles. The molecule has 1 nitrogen and oxygen atoms in total. The molecule has 0 aliphatic rings. The molecule has 0 radical (unpaired) electrons. The SMILES string of the molecule is CCc1nc(C)cc2c1sc1ccccc12.Cl. The van der Waals surface area contributed by atoms with Crippen molar-refractivity contribution in [3.63, 3.8) is 0 Å². The van der Waals surface area contributed by atoms with Crippen molar-refractivity contribution in [3.05, 3.63) is 41.7 Å². The number of pyridine rings is 1. The molecule has 0 N–H and O–H groups in total. The van der Waals surface area contributed by atoms with Crippen molar-refractivity contribution in [3.8, 4) is 0 Å². The molecular weight excluding hydrogens is 250 g/mol. The fourth-order valence-electron chi connectivity index (χ4n) is 2.17. The van der Waals surface area contributed by atoms with Gasteiger partial charge in [-0.1, -0.05) is 25.1 Å². The van der Waals surface area contributed by atoms with Crippen LogP contribution in [0.15, 0.2) is 30.3 Å². The predicted octanol–water partition coefficient (Wildman–Crippen LogP) is 4.74. The lowest BCUT2D eigenvalue weighted by Gasteiger charge is -2.00. The lowest BCUT2D eigenvalue weighted by Crippen LogP contribution is -1.89. The monoisotopic (exact) mass is 263 g/mol. The highest BCUT2D eigenvalue weighted by Gasteiger charge is 2.09. The van der Waals surface area contributed by atoms with Crippen LogP contribution < -0.4 is 0 Å². The van der Waals surface area contributed by atoms with Crippen LogP contribution in [-0.2, 0) is 6.42 Å². The molecule has 3 heteroatoms. The molecule has 0 atom stereocenters. The number of aromatic nitrogens is 1. The highest BCUT2D eigenvalue weighted by Crippen LogP contribution is 2.35. The highest BCUT2D eigenvalue weighted by atomic mass is 35.5. The zero-order valence-corrected chi connectivity index (χ0v) is 11.5. The number of rotatable bonds is 1. The van der Waals surface area contributed by atoms with Crippen molar-refractivity contribution in [2.75, 3.05) is 0 Å². The average Bonchev–Trinajstić information content (AvgIpc) is 2.67. The van der Waals surface area contributed by atoms with Gasteiger partial charge in [-0.2, -0.15) is 0 Å². The number of fused-ring (bicyclic) bond motifs is 3. The molecule has 3 rings (SSSR count). The summed E-state index contributed by atoms with van der Waals surface area (Å²) in [6.07, 6.45) is 1.00. The van der Waals surface area contributed by atoms with Crippen LogP contribution in [0.3, 0.4) is 0 Å². The van der Waals surface area contributed by atoms with Crippen LogP contribution in [0.2, 0.25) is 0 Å². The first-order valence-corrected chi connectivity index (χ1v) is 6.39. The summed E-state index contributed by atoms with van der Waals surface area (Å²) >= 11 is 1.86. The van der Waals surface area contributed by atoms with E-state index in [1.54, 1.807) is 0 Å². The van der Waals surface area contributed by atoms with Crippen LogP contribution in [0.5, 0.6) is 0 Å². The van der Waals surface area contributed by atoms with Gasteiger partial charge in [0.2, 0.25) is 0 Å². The van der Waals surface area contributed by atoms with E-state index in [0.29, 0.717) is 0 Å². The van der Waals surface area contributed by atoms with Gasteiger partial charge in [0.1, 0.15) is 0 Å². The van der Waals surface area contributed by atoms with E-state index in [0.717, 1.165) is 12.1 Å². The molecule has 3 aromatic rings. The van der Waals surface area contributed by atoms with E-state index in [1.165, 1.54) is 25.9 Å². The molecule has 1 aromatic carbocycles. The molecule has 0 aliphatic heterocycles. The second-order valence-corrected chi connectivity index (χ2v) is 5.09. The number of halogens is 1. The van der Waals surface area contributed by atoms with Crippen molar-refractivity contribution in [2.24, 2.45) is 0 Å². The number of hydrogen-bond acceptors (Lipinski definition) is 2. The standard InChI is InChI=1S/C14H13NS.ClH/c1-3-12-14-11(8-9(2)15-12)10-6-4-5-7-13(10)16-14;/h4-8H,3H2,1-2H3;1H. The van der Waals surface area contributed by atoms with Gasteiger partial charge in [0, 0.05) is 21.2 Å². The predicted molar refractivity (Wildman–Crippen MR) is 78.5 cm³/mol. The molecule has 0 bridgehead atoms. The zero-order chi connectivity index (χ0) is 11.1. The third kappa shape index (κ3) is 1.92. The fraction of sp³-hybridized carbons (Fsp3) is 0.214. The Labute approximate surface area is 111 Å². The molecule has 17 heavy (non-hydrogen) atoms. The van der Waals surface area contributed by atoms with Crippen LogP contribution in [0.1, 0.15) is 18.3 Å². The van der Waals surface area contributed by atoms with E-state index in [-0.39, 0.29) is 12.4 Å². The van der Waals surface area contributed by atoms with E-state index < -0.39 is 0 Å². The topological polar surface area (TPSA) is 12.9 Å². The van der Waals surface area contributed by atoms with Gasteiger partial charge in [0.05, 0.1) is 10.4 Å². The maximum Gasteiger partial charge on any atom is 0.0582 e.